The molecule has 100 valence electrons. The first-order valence-electron chi connectivity index (χ1n) is 7.46. The van der Waals surface area contributed by atoms with Gasteiger partial charge in [-0.2, -0.15) is 0 Å². The van der Waals surface area contributed by atoms with E-state index in [9.17, 15) is 0 Å². The van der Waals surface area contributed by atoms with Crippen molar-refractivity contribution in [3.63, 3.8) is 0 Å². The molecule has 0 atom stereocenters. The summed E-state index contributed by atoms with van der Waals surface area (Å²) in [7, 11) is 2.29. The second-order valence-electron chi connectivity index (χ2n) is 5.83. The molecule has 0 aromatic rings. The second-order valence-corrected chi connectivity index (χ2v) is 5.83. The van der Waals surface area contributed by atoms with E-state index in [1.54, 1.807) is 0 Å². The summed E-state index contributed by atoms with van der Waals surface area (Å²) in [5, 5.41) is 3.44. The van der Waals surface area contributed by atoms with Gasteiger partial charge in [0.2, 0.25) is 0 Å². The molecule has 0 saturated carbocycles. The van der Waals surface area contributed by atoms with E-state index in [4.69, 9.17) is 0 Å². The minimum absolute atomic E-state index is 0.977. The number of likely N-dealkylation sites (N-methyl/N-ethyl adjacent to an activating group) is 1. The van der Waals surface area contributed by atoms with Crippen LogP contribution in [0.2, 0.25) is 0 Å². The molecule has 0 amide bonds. The summed E-state index contributed by atoms with van der Waals surface area (Å²) < 4.78 is 0. The van der Waals surface area contributed by atoms with Gasteiger partial charge in [0.05, 0.1) is 0 Å². The molecule has 2 fully saturated rings. The maximum Gasteiger partial charge on any atom is 0.0109 e. The maximum absolute atomic E-state index is 3.44. The first-order valence-corrected chi connectivity index (χ1v) is 7.46. The lowest BCUT2D eigenvalue weighted by molar-refractivity contribution is 0.234. The van der Waals surface area contributed by atoms with Crippen molar-refractivity contribution in [2.45, 2.75) is 32.1 Å². The Bertz CT molecular complexity index is 196. The van der Waals surface area contributed by atoms with Crippen LogP contribution < -0.4 is 5.32 Å². The predicted molar refractivity (Wildman–Crippen MR) is 73.4 cm³/mol. The normalized spacial score (nSPS) is 23.6. The highest BCUT2D eigenvalue weighted by molar-refractivity contribution is 4.71. The summed E-state index contributed by atoms with van der Waals surface area (Å²) in [5.41, 5.74) is 0. The lowest BCUT2D eigenvalue weighted by atomic mass is 9.94. The Balaban J connectivity index is 1.52. The summed E-state index contributed by atoms with van der Waals surface area (Å²) in [6.07, 6.45) is 7.01. The SMILES string of the molecule is CN(CCC1CCNCC1)CCN1CCCC1. The molecule has 0 unspecified atom stereocenters. The lowest BCUT2D eigenvalue weighted by Crippen LogP contribution is -2.34. The number of hydrogen-bond acceptors (Lipinski definition) is 3. The van der Waals surface area contributed by atoms with Crippen LogP contribution >= 0.6 is 0 Å². The zero-order valence-electron chi connectivity index (χ0n) is 11.5. The van der Waals surface area contributed by atoms with Crippen LogP contribution in [0.25, 0.3) is 0 Å². The average molecular weight is 239 g/mol. The first kappa shape index (κ1) is 13.3. The molecule has 17 heavy (non-hydrogen) atoms. The van der Waals surface area contributed by atoms with Gasteiger partial charge in [-0.1, -0.05) is 0 Å². The van der Waals surface area contributed by atoms with E-state index in [0.29, 0.717) is 0 Å². The second kappa shape index (κ2) is 7.34. The van der Waals surface area contributed by atoms with Crippen LogP contribution in [0.4, 0.5) is 0 Å². The number of hydrogen-bond donors (Lipinski definition) is 1. The zero-order chi connectivity index (χ0) is 11.9. The fourth-order valence-electron chi connectivity index (χ4n) is 3.00. The number of nitrogens with one attached hydrogen (secondary N) is 1. The quantitative estimate of drug-likeness (QED) is 0.756. The average Bonchev–Trinajstić information content (AvgIpc) is 2.88. The Hall–Kier alpha value is -0.120. The highest BCUT2D eigenvalue weighted by atomic mass is 15.2. The molecule has 0 aliphatic carbocycles. The van der Waals surface area contributed by atoms with E-state index >= 15 is 0 Å². The molecule has 0 radical (unpaired) electrons. The van der Waals surface area contributed by atoms with Crippen molar-refractivity contribution in [1.82, 2.24) is 15.1 Å². The molecule has 2 saturated heterocycles. The van der Waals surface area contributed by atoms with Crippen LogP contribution in [0.15, 0.2) is 0 Å². The van der Waals surface area contributed by atoms with Gasteiger partial charge < -0.3 is 15.1 Å². The molecule has 2 rings (SSSR count). The Morgan fingerprint density at radius 1 is 1.12 bits per heavy atom. The smallest absolute Gasteiger partial charge is 0.0109 e. The van der Waals surface area contributed by atoms with Crippen LogP contribution in [0.3, 0.4) is 0 Å². The van der Waals surface area contributed by atoms with Gasteiger partial charge in [-0.25, -0.2) is 0 Å². The van der Waals surface area contributed by atoms with E-state index in [2.05, 4.69) is 22.2 Å². The van der Waals surface area contributed by atoms with Crippen LogP contribution in [-0.4, -0.2) is 62.7 Å². The number of likely N-dealkylation sites (tertiary alicyclic amines) is 1. The monoisotopic (exact) mass is 239 g/mol. The largest absolute Gasteiger partial charge is 0.317 e. The molecule has 3 heteroatoms. The van der Waals surface area contributed by atoms with Crippen LogP contribution in [0, 0.1) is 5.92 Å². The molecule has 0 aromatic heterocycles. The Morgan fingerprint density at radius 2 is 1.82 bits per heavy atom. The van der Waals surface area contributed by atoms with Crippen molar-refractivity contribution in [2.75, 3.05) is 52.9 Å². The molecule has 3 nitrogen and oxygen atoms in total. The number of rotatable bonds is 6. The van der Waals surface area contributed by atoms with Crippen molar-refractivity contribution < 1.29 is 0 Å². The van der Waals surface area contributed by atoms with Gasteiger partial charge in [-0.3, -0.25) is 0 Å². The van der Waals surface area contributed by atoms with Crippen LogP contribution in [-0.2, 0) is 0 Å². The standard InChI is InChI=1S/C14H29N3/c1-16(12-13-17-9-2-3-10-17)11-6-14-4-7-15-8-5-14/h14-15H,2-13H2,1H3. The third kappa shape index (κ3) is 4.94. The van der Waals surface area contributed by atoms with Gasteiger partial charge in [0.1, 0.15) is 0 Å². The molecule has 2 aliphatic rings. The first-order chi connectivity index (χ1) is 8.34. The summed E-state index contributed by atoms with van der Waals surface area (Å²) in [6.45, 7) is 8.97. The molecule has 0 bridgehead atoms. The van der Waals surface area contributed by atoms with Gasteiger partial charge in [0.25, 0.3) is 0 Å². The van der Waals surface area contributed by atoms with Crippen LogP contribution in [0.5, 0.6) is 0 Å². The molecule has 0 aromatic carbocycles. The summed E-state index contributed by atoms with van der Waals surface area (Å²) in [6, 6.07) is 0. The topological polar surface area (TPSA) is 18.5 Å². The van der Waals surface area contributed by atoms with E-state index in [1.165, 1.54) is 77.9 Å². The number of piperidine rings is 1. The van der Waals surface area contributed by atoms with Gasteiger partial charge in [0, 0.05) is 13.1 Å². The molecular weight excluding hydrogens is 210 g/mol. The van der Waals surface area contributed by atoms with Crippen molar-refractivity contribution in [2.24, 2.45) is 5.92 Å². The fraction of sp³-hybridized carbons (Fsp3) is 1.00. The van der Waals surface area contributed by atoms with Crippen molar-refractivity contribution in [3.8, 4) is 0 Å². The highest BCUT2D eigenvalue weighted by Crippen LogP contribution is 2.16. The fourth-order valence-corrected chi connectivity index (χ4v) is 3.00. The summed E-state index contributed by atoms with van der Waals surface area (Å²) in [4.78, 5) is 5.14. The van der Waals surface area contributed by atoms with Crippen molar-refractivity contribution >= 4 is 0 Å². The molecule has 0 spiro atoms. The molecule has 1 N–H and O–H groups in total. The van der Waals surface area contributed by atoms with Gasteiger partial charge >= 0.3 is 0 Å². The van der Waals surface area contributed by atoms with E-state index in [-0.39, 0.29) is 0 Å². The lowest BCUT2D eigenvalue weighted by Gasteiger charge is -2.26. The Labute approximate surface area is 107 Å². The van der Waals surface area contributed by atoms with E-state index in [1.807, 2.05) is 0 Å². The van der Waals surface area contributed by atoms with E-state index < -0.39 is 0 Å². The van der Waals surface area contributed by atoms with Crippen LogP contribution in [0.1, 0.15) is 32.1 Å². The molecule has 2 heterocycles. The zero-order valence-corrected chi connectivity index (χ0v) is 11.5. The van der Waals surface area contributed by atoms with Gasteiger partial charge in [-0.05, 0) is 77.8 Å². The van der Waals surface area contributed by atoms with Crippen molar-refractivity contribution in [1.29, 1.82) is 0 Å². The third-order valence-electron chi connectivity index (χ3n) is 4.37. The minimum Gasteiger partial charge on any atom is -0.317 e. The Kier molecular flexibility index (Phi) is 5.75. The van der Waals surface area contributed by atoms with Crippen molar-refractivity contribution in [3.05, 3.63) is 0 Å². The minimum atomic E-state index is 0.977. The van der Waals surface area contributed by atoms with E-state index in [0.717, 1.165) is 5.92 Å². The predicted octanol–water partition coefficient (Wildman–Crippen LogP) is 1.40. The summed E-state index contributed by atoms with van der Waals surface area (Å²) >= 11 is 0. The highest BCUT2D eigenvalue weighted by Gasteiger charge is 2.14. The van der Waals surface area contributed by atoms with Gasteiger partial charge in [-0.15, -0.1) is 0 Å². The maximum atomic E-state index is 3.44. The van der Waals surface area contributed by atoms with Gasteiger partial charge in [0.15, 0.2) is 0 Å². The third-order valence-corrected chi connectivity index (χ3v) is 4.37. The summed E-state index contributed by atoms with van der Waals surface area (Å²) in [5.74, 6) is 0.977. The number of nitrogens with zero attached hydrogens (tertiary/aromatic N) is 2. The molecule has 2 aliphatic heterocycles. The Morgan fingerprint density at radius 3 is 2.53 bits per heavy atom. The molecular formula is C14H29N3.